The highest BCUT2D eigenvalue weighted by molar-refractivity contribution is 5.84. The van der Waals surface area contributed by atoms with Crippen LogP contribution >= 0.6 is 0 Å². The predicted octanol–water partition coefficient (Wildman–Crippen LogP) is 1.60. The van der Waals surface area contributed by atoms with Gasteiger partial charge in [-0.15, -0.1) is 0 Å². The Labute approximate surface area is 98.6 Å². The number of carbonyl (C=O) groups is 2. The molecule has 1 N–H and O–H groups in total. The van der Waals surface area contributed by atoms with Gasteiger partial charge in [-0.3, -0.25) is 9.59 Å². The maximum absolute atomic E-state index is 12.2. The van der Waals surface area contributed by atoms with Crippen molar-refractivity contribution < 1.29 is 23.5 Å². The van der Waals surface area contributed by atoms with Gasteiger partial charge in [0, 0.05) is 7.05 Å². The number of rotatable bonds is 4. The van der Waals surface area contributed by atoms with Gasteiger partial charge in [-0.25, -0.2) is 8.78 Å². The standard InChI is InChI=1S/C11H17F2NO3/c1-14(6-9(12)13)10(15)7-4-2-3-5-8(7)11(16)17/h7-9H,2-6H2,1H3,(H,16,17). The Bertz CT molecular complexity index is 296. The third-order valence-electron chi connectivity index (χ3n) is 3.19. The molecule has 0 bridgehead atoms. The van der Waals surface area contributed by atoms with Crippen molar-refractivity contribution in [3.8, 4) is 0 Å². The lowest BCUT2D eigenvalue weighted by molar-refractivity contribution is -0.152. The van der Waals surface area contributed by atoms with E-state index in [9.17, 15) is 18.4 Å². The summed E-state index contributed by atoms with van der Waals surface area (Å²) in [4.78, 5) is 23.8. The molecule has 1 saturated carbocycles. The average Bonchev–Trinajstić information content (AvgIpc) is 2.27. The van der Waals surface area contributed by atoms with E-state index in [2.05, 4.69) is 0 Å². The topological polar surface area (TPSA) is 57.6 Å². The molecule has 17 heavy (non-hydrogen) atoms. The zero-order valence-corrected chi connectivity index (χ0v) is 9.73. The first-order chi connectivity index (χ1) is 7.93. The molecule has 2 atom stereocenters. The number of carboxylic acids is 1. The highest BCUT2D eigenvalue weighted by atomic mass is 19.3. The number of halogens is 2. The molecule has 1 fully saturated rings. The van der Waals surface area contributed by atoms with Gasteiger partial charge in [0.25, 0.3) is 6.43 Å². The minimum Gasteiger partial charge on any atom is -0.481 e. The summed E-state index contributed by atoms with van der Waals surface area (Å²) in [5, 5.41) is 9.00. The summed E-state index contributed by atoms with van der Waals surface area (Å²) < 4.78 is 24.3. The molecular weight excluding hydrogens is 232 g/mol. The summed E-state index contributed by atoms with van der Waals surface area (Å²) in [6.07, 6.45) is -0.101. The number of amides is 1. The van der Waals surface area contributed by atoms with Crippen LogP contribution < -0.4 is 0 Å². The fourth-order valence-electron chi connectivity index (χ4n) is 2.30. The maximum atomic E-state index is 12.2. The monoisotopic (exact) mass is 249 g/mol. The minimum atomic E-state index is -2.59. The molecule has 1 amide bonds. The zero-order valence-electron chi connectivity index (χ0n) is 9.73. The van der Waals surface area contributed by atoms with E-state index in [0.29, 0.717) is 12.8 Å². The second-order valence-corrected chi connectivity index (χ2v) is 4.45. The second-order valence-electron chi connectivity index (χ2n) is 4.45. The summed E-state index contributed by atoms with van der Waals surface area (Å²) in [6, 6.07) is 0. The van der Waals surface area contributed by atoms with E-state index in [-0.39, 0.29) is 0 Å². The van der Waals surface area contributed by atoms with E-state index in [1.54, 1.807) is 0 Å². The number of carbonyl (C=O) groups excluding carboxylic acids is 1. The zero-order chi connectivity index (χ0) is 13.0. The van der Waals surface area contributed by atoms with Crippen molar-refractivity contribution in [2.24, 2.45) is 11.8 Å². The Morgan fingerprint density at radius 2 is 1.82 bits per heavy atom. The summed E-state index contributed by atoms with van der Waals surface area (Å²) in [6.45, 7) is -0.637. The van der Waals surface area contributed by atoms with Crippen molar-refractivity contribution in [2.45, 2.75) is 32.1 Å². The van der Waals surface area contributed by atoms with Gasteiger partial charge in [0.2, 0.25) is 5.91 Å². The molecule has 0 radical (unpaired) electrons. The van der Waals surface area contributed by atoms with Gasteiger partial charge in [-0.1, -0.05) is 12.8 Å². The van der Waals surface area contributed by atoms with Gasteiger partial charge in [0.05, 0.1) is 18.4 Å². The molecule has 0 aromatic rings. The number of nitrogens with zero attached hydrogens (tertiary/aromatic N) is 1. The van der Waals surface area contributed by atoms with Crippen molar-refractivity contribution in [3.05, 3.63) is 0 Å². The first kappa shape index (κ1) is 13.9. The van der Waals surface area contributed by atoms with Crippen LogP contribution in [0.25, 0.3) is 0 Å². The first-order valence-corrected chi connectivity index (χ1v) is 5.69. The largest absolute Gasteiger partial charge is 0.481 e. The van der Waals surface area contributed by atoms with Crippen molar-refractivity contribution in [2.75, 3.05) is 13.6 Å². The maximum Gasteiger partial charge on any atom is 0.307 e. The van der Waals surface area contributed by atoms with Crippen molar-refractivity contribution in [1.29, 1.82) is 0 Å². The second kappa shape index (κ2) is 5.93. The highest BCUT2D eigenvalue weighted by Crippen LogP contribution is 2.31. The Morgan fingerprint density at radius 1 is 1.29 bits per heavy atom. The smallest absolute Gasteiger partial charge is 0.307 e. The summed E-state index contributed by atoms with van der Waals surface area (Å²) in [5.74, 6) is -2.85. The lowest BCUT2D eigenvalue weighted by atomic mass is 9.78. The van der Waals surface area contributed by atoms with Crippen LogP contribution in [0, 0.1) is 11.8 Å². The summed E-state index contributed by atoms with van der Waals surface area (Å²) >= 11 is 0. The van der Waals surface area contributed by atoms with E-state index in [1.165, 1.54) is 7.05 Å². The highest BCUT2D eigenvalue weighted by Gasteiger charge is 2.37. The average molecular weight is 249 g/mol. The Balaban J connectivity index is 2.67. The van der Waals surface area contributed by atoms with Crippen molar-refractivity contribution in [1.82, 2.24) is 4.90 Å². The number of aliphatic carboxylic acids is 1. The first-order valence-electron chi connectivity index (χ1n) is 5.69. The molecule has 0 aromatic carbocycles. The molecule has 1 aliphatic rings. The van der Waals surface area contributed by atoms with Gasteiger partial charge < -0.3 is 10.0 Å². The number of carboxylic acid groups (broad SMARTS) is 1. The molecule has 0 saturated heterocycles. The fourth-order valence-corrected chi connectivity index (χ4v) is 2.30. The van der Waals surface area contributed by atoms with Crippen LogP contribution in [0.4, 0.5) is 8.78 Å². The van der Waals surface area contributed by atoms with Crippen molar-refractivity contribution in [3.63, 3.8) is 0 Å². The Morgan fingerprint density at radius 3 is 2.29 bits per heavy atom. The minimum absolute atomic E-state index is 0.453. The van der Waals surface area contributed by atoms with E-state index < -0.39 is 36.7 Å². The van der Waals surface area contributed by atoms with E-state index in [4.69, 9.17) is 5.11 Å². The molecule has 0 aromatic heterocycles. The normalized spacial score (nSPS) is 24.7. The van der Waals surface area contributed by atoms with Crippen LogP contribution in [0.3, 0.4) is 0 Å². The fraction of sp³-hybridized carbons (Fsp3) is 0.818. The summed E-state index contributed by atoms with van der Waals surface area (Å²) in [5.41, 5.74) is 0. The van der Waals surface area contributed by atoms with E-state index in [1.807, 2.05) is 0 Å². The van der Waals surface area contributed by atoms with Gasteiger partial charge in [0.15, 0.2) is 0 Å². The summed E-state index contributed by atoms with van der Waals surface area (Å²) in [7, 11) is 1.29. The van der Waals surface area contributed by atoms with Gasteiger partial charge in [0.1, 0.15) is 0 Å². The van der Waals surface area contributed by atoms with Crippen LogP contribution in [-0.4, -0.2) is 41.9 Å². The lowest BCUT2D eigenvalue weighted by Gasteiger charge is -2.30. The molecule has 0 spiro atoms. The quantitative estimate of drug-likeness (QED) is 0.823. The lowest BCUT2D eigenvalue weighted by Crippen LogP contribution is -2.42. The van der Waals surface area contributed by atoms with Crippen molar-refractivity contribution >= 4 is 11.9 Å². The molecule has 1 aliphatic carbocycles. The van der Waals surface area contributed by atoms with Crippen LogP contribution in [0.1, 0.15) is 25.7 Å². The van der Waals surface area contributed by atoms with Crippen LogP contribution in [0.5, 0.6) is 0 Å². The van der Waals surface area contributed by atoms with E-state index in [0.717, 1.165) is 17.7 Å². The number of hydrogen-bond donors (Lipinski definition) is 1. The molecule has 2 unspecified atom stereocenters. The number of hydrogen-bond acceptors (Lipinski definition) is 2. The Kier molecular flexibility index (Phi) is 4.84. The van der Waals surface area contributed by atoms with Gasteiger partial charge in [-0.05, 0) is 12.8 Å². The number of alkyl halides is 2. The predicted molar refractivity (Wildman–Crippen MR) is 56.7 cm³/mol. The van der Waals surface area contributed by atoms with Crippen LogP contribution in [0.15, 0.2) is 0 Å². The van der Waals surface area contributed by atoms with Gasteiger partial charge in [-0.2, -0.15) is 0 Å². The molecular formula is C11H17F2NO3. The molecule has 6 heteroatoms. The molecule has 0 aliphatic heterocycles. The third kappa shape index (κ3) is 3.64. The third-order valence-corrected chi connectivity index (χ3v) is 3.19. The SMILES string of the molecule is CN(CC(F)F)C(=O)C1CCCCC1C(=O)O. The van der Waals surface area contributed by atoms with Crippen LogP contribution in [0.2, 0.25) is 0 Å². The Hall–Kier alpha value is -1.20. The van der Waals surface area contributed by atoms with Gasteiger partial charge >= 0.3 is 5.97 Å². The molecule has 4 nitrogen and oxygen atoms in total. The molecule has 98 valence electrons. The van der Waals surface area contributed by atoms with E-state index >= 15 is 0 Å². The molecule has 0 heterocycles. The van der Waals surface area contributed by atoms with Crippen LogP contribution in [-0.2, 0) is 9.59 Å². The molecule has 1 rings (SSSR count).